The second kappa shape index (κ2) is 7.29. The first kappa shape index (κ1) is 14.0. The van der Waals surface area contributed by atoms with E-state index in [-0.39, 0.29) is 5.91 Å². The number of amides is 1. The minimum atomic E-state index is -0.750. The molecule has 0 saturated heterocycles. The molecule has 96 valence electrons. The summed E-state index contributed by atoms with van der Waals surface area (Å²) in [5.74, 6) is -0.0721. The van der Waals surface area contributed by atoms with Crippen LogP contribution in [0.3, 0.4) is 0 Å². The zero-order valence-corrected chi connectivity index (χ0v) is 10.6. The van der Waals surface area contributed by atoms with Crippen molar-refractivity contribution >= 4 is 5.91 Å². The quantitative estimate of drug-likeness (QED) is 0.720. The molecule has 0 unspecified atom stereocenters. The molecule has 0 aromatic heterocycles. The first-order valence-electron chi connectivity index (χ1n) is 6.44. The van der Waals surface area contributed by atoms with Crippen LogP contribution in [0.25, 0.3) is 0 Å². The van der Waals surface area contributed by atoms with Crippen molar-refractivity contribution in [1.29, 1.82) is 5.26 Å². The maximum atomic E-state index is 12.0. The largest absolute Gasteiger partial charge is 0.385 e. The number of rotatable bonds is 6. The Morgan fingerprint density at radius 3 is 2.65 bits per heavy atom. The Bertz CT molecular complexity index is 278. The number of nitrogens with one attached hydrogen (secondary N) is 1. The van der Waals surface area contributed by atoms with E-state index in [0.29, 0.717) is 19.4 Å². The van der Waals surface area contributed by atoms with Crippen LogP contribution in [0.1, 0.15) is 44.9 Å². The summed E-state index contributed by atoms with van der Waals surface area (Å²) < 4.78 is 4.94. The molecule has 0 aliphatic heterocycles. The van der Waals surface area contributed by atoms with Gasteiger partial charge in [0.2, 0.25) is 5.91 Å². The van der Waals surface area contributed by atoms with E-state index in [4.69, 9.17) is 4.74 Å². The van der Waals surface area contributed by atoms with Gasteiger partial charge in [-0.1, -0.05) is 19.3 Å². The van der Waals surface area contributed by atoms with Gasteiger partial charge in [0, 0.05) is 20.3 Å². The van der Waals surface area contributed by atoms with Crippen molar-refractivity contribution in [3.05, 3.63) is 0 Å². The highest BCUT2D eigenvalue weighted by Crippen LogP contribution is 2.35. The number of ether oxygens (including phenoxy) is 1. The molecule has 0 bridgehead atoms. The first-order chi connectivity index (χ1) is 8.25. The number of hydrogen-bond donors (Lipinski definition) is 1. The third-order valence-corrected chi connectivity index (χ3v) is 3.42. The summed E-state index contributed by atoms with van der Waals surface area (Å²) in [6.45, 7) is 1.37. The summed E-state index contributed by atoms with van der Waals surface area (Å²) in [5, 5.41) is 12.1. The Balaban J connectivity index is 2.32. The molecule has 1 fully saturated rings. The van der Waals surface area contributed by atoms with E-state index in [9.17, 15) is 10.1 Å². The third-order valence-electron chi connectivity index (χ3n) is 3.42. The fourth-order valence-corrected chi connectivity index (χ4v) is 2.29. The van der Waals surface area contributed by atoms with E-state index in [2.05, 4.69) is 11.4 Å². The minimum Gasteiger partial charge on any atom is -0.385 e. The fourth-order valence-electron chi connectivity index (χ4n) is 2.29. The second-order valence-electron chi connectivity index (χ2n) is 4.71. The van der Waals surface area contributed by atoms with Gasteiger partial charge in [0.05, 0.1) is 6.07 Å². The number of nitriles is 1. The highest BCUT2D eigenvalue weighted by atomic mass is 16.5. The van der Waals surface area contributed by atoms with Crippen LogP contribution in [0.4, 0.5) is 0 Å². The van der Waals surface area contributed by atoms with Crippen LogP contribution in [-0.4, -0.2) is 26.2 Å². The average molecular weight is 238 g/mol. The fraction of sp³-hybridized carbons (Fsp3) is 0.846. The highest BCUT2D eigenvalue weighted by Gasteiger charge is 2.39. The molecule has 0 heterocycles. The van der Waals surface area contributed by atoms with Crippen LogP contribution in [-0.2, 0) is 9.53 Å². The van der Waals surface area contributed by atoms with Crippen molar-refractivity contribution in [2.45, 2.75) is 44.9 Å². The van der Waals surface area contributed by atoms with Gasteiger partial charge in [-0.15, -0.1) is 0 Å². The molecular formula is C13H22N2O2. The van der Waals surface area contributed by atoms with Crippen LogP contribution < -0.4 is 5.32 Å². The lowest BCUT2D eigenvalue weighted by atomic mass is 9.74. The number of nitrogens with zero attached hydrogens (tertiary/aromatic N) is 1. The molecule has 1 amide bonds. The lowest BCUT2D eigenvalue weighted by molar-refractivity contribution is -0.129. The molecule has 1 saturated carbocycles. The van der Waals surface area contributed by atoms with E-state index < -0.39 is 5.41 Å². The van der Waals surface area contributed by atoms with Gasteiger partial charge in [0.15, 0.2) is 0 Å². The van der Waals surface area contributed by atoms with Crippen LogP contribution in [0.5, 0.6) is 0 Å². The monoisotopic (exact) mass is 238 g/mol. The van der Waals surface area contributed by atoms with Crippen molar-refractivity contribution in [3.63, 3.8) is 0 Å². The predicted molar refractivity (Wildman–Crippen MR) is 65.3 cm³/mol. The van der Waals surface area contributed by atoms with Gasteiger partial charge in [-0.2, -0.15) is 5.26 Å². The standard InChI is InChI=1S/C13H22N2O2/c1-17-10-6-5-9-15-12(16)13(11-14)7-3-2-4-8-13/h2-10H2,1H3,(H,15,16). The zero-order valence-electron chi connectivity index (χ0n) is 10.6. The SMILES string of the molecule is COCCCCNC(=O)C1(C#N)CCCCC1. The molecule has 4 nitrogen and oxygen atoms in total. The summed E-state index contributed by atoms with van der Waals surface area (Å²) in [7, 11) is 1.67. The molecule has 4 heteroatoms. The second-order valence-corrected chi connectivity index (χ2v) is 4.71. The van der Waals surface area contributed by atoms with Crippen molar-refractivity contribution in [3.8, 4) is 6.07 Å². The van der Waals surface area contributed by atoms with E-state index >= 15 is 0 Å². The Kier molecular flexibility index (Phi) is 5.99. The Morgan fingerprint density at radius 2 is 2.06 bits per heavy atom. The molecule has 0 aromatic carbocycles. The van der Waals surface area contributed by atoms with Gasteiger partial charge in [-0.3, -0.25) is 4.79 Å². The number of carbonyl (C=O) groups is 1. The van der Waals surface area contributed by atoms with Gasteiger partial charge in [-0.25, -0.2) is 0 Å². The number of hydrogen-bond acceptors (Lipinski definition) is 3. The predicted octanol–water partition coefficient (Wildman–Crippen LogP) is 2.00. The first-order valence-corrected chi connectivity index (χ1v) is 6.44. The lowest BCUT2D eigenvalue weighted by Crippen LogP contribution is -2.41. The minimum absolute atomic E-state index is 0.0721. The Morgan fingerprint density at radius 1 is 1.35 bits per heavy atom. The van der Waals surface area contributed by atoms with E-state index in [1.165, 1.54) is 0 Å². The molecule has 1 N–H and O–H groups in total. The highest BCUT2D eigenvalue weighted by molar-refractivity contribution is 5.85. The normalized spacial score (nSPS) is 18.4. The van der Waals surface area contributed by atoms with E-state index in [1.54, 1.807) is 7.11 Å². The van der Waals surface area contributed by atoms with E-state index in [1.807, 2.05) is 0 Å². The molecule has 1 aliphatic rings. The maximum absolute atomic E-state index is 12.0. The Labute approximate surface area is 103 Å². The van der Waals surface area contributed by atoms with Gasteiger partial charge in [0.25, 0.3) is 0 Å². The zero-order chi connectivity index (χ0) is 12.6. The van der Waals surface area contributed by atoms with Crippen LogP contribution in [0.15, 0.2) is 0 Å². The van der Waals surface area contributed by atoms with Crippen molar-refractivity contribution in [2.24, 2.45) is 5.41 Å². The molecule has 0 spiro atoms. The summed E-state index contributed by atoms with van der Waals surface area (Å²) >= 11 is 0. The molecule has 1 rings (SSSR count). The van der Waals surface area contributed by atoms with Crippen molar-refractivity contribution < 1.29 is 9.53 Å². The molecule has 0 radical (unpaired) electrons. The topological polar surface area (TPSA) is 62.1 Å². The molecule has 1 aliphatic carbocycles. The molecular weight excluding hydrogens is 216 g/mol. The van der Waals surface area contributed by atoms with Crippen LogP contribution in [0.2, 0.25) is 0 Å². The third kappa shape index (κ3) is 4.01. The lowest BCUT2D eigenvalue weighted by Gasteiger charge is -2.29. The Hall–Kier alpha value is -1.08. The molecule has 0 aromatic rings. The maximum Gasteiger partial charge on any atom is 0.240 e. The summed E-state index contributed by atoms with van der Waals surface area (Å²) in [5.41, 5.74) is -0.750. The summed E-state index contributed by atoms with van der Waals surface area (Å²) in [6.07, 6.45) is 6.40. The average Bonchev–Trinajstić information content (AvgIpc) is 2.39. The molecule has 17 heavy (non-hydrogen) atoms. The van der Waals surface area contributed by atoms with Gasteiger partial charge in [-0.05, 0) is 25.7 Å². The van der Waals surface area contributed by atoms with Gasteiger partial charge >= 0.3 is 0 Å². The van der Waals surface area contributed by atoms with Crippen LogP contribution in [0, 0.1) is 16.7 Å². The number of unbranched alkanes of at least 4 members (excludes halogenated alkanes) is 1. The summed E-state index contributed by atoms with van der Waals surface area (Å²) in [6, 6.07) is 2.23. The number of methoxy groups -OCH3 is 1. The van der Waals surface area contributed by atoms with Crippen molar-refractivity contribution in [1.82, 2.24) is 5.32 Å². The summed E-state index contributed by atoms with van der Waals surface area (Å²) in [4.78, 5) is 12.0. The smallest absolute Gasteiger partial charge is 0.240 e. The number of carbonyl (C=O) groups excluding carboxylic acids is 1. The molecule has 0 atom stereocenters. The van der Waals surface area contributed by atoms with Crippen LogP contribution >= 0.6 is 0 Å². The van der Waals surface area contributed by atoms with Gasteiger partial charge < -0.3 is 10.1 Å². The van der Waals surface area contributed by atoms with Crippen molar-refractivity contribution in [2.75, 3.05) is 20.3 Å². The van der Waals surface area contributed by atoms with E-state index in [0.717, 1.165) is 38.7 Å². The van der Waals surface area contributed by atoms with Gasteiger partial charge in [0.1, 0.15) is 5.41 Å².